The molecule has 14 heavy (non-hydrogen) atoms. The first-order chi connectivity index (χ1) is 6.63. The van der Waals surface area contributed by atoms with Gasteiger partial charge in [0, 0.05) is 0 Å². The molecule has 1 aromatic rings. The van der Waals surface area contributed by atoms with Crippen molar-refractivity contribution >= 4 is 11.5 Å². The number of hydrogen-bond donors (Lipinski definition) is 2. The van der Waals surface area contributed by atoms with Crippen LogP contribution in [0.5, 0.6) is 0 Å². The molecule has 0 aliphatic rings. The van der Waals surface area contributed by atoms with E-state index in [0.29, 0.717) is 5.56 Å². The van der Waals surface area contributed by atoms with Crippen molar-refractivity contribution in [3.8, 4) is 0 Å². The highest BCUT2D eigenvalue weighted by molar-refractivity contribution is 6.14. The van der Waals surface area contributed by atoms with E-state index in [4.69, 9.17) is 5.11 Å². The Balaban J connectivity index is 0.000000500. The molecule has 2 N–H and O–H groups in total. The number of benzene rings is 1. The summed E-state index contributed by atoms with van der Waals surface area (Å²) in [4.78, 5) is 10.4. The molecule has 0 unspecified atom stereocenters. The second kappa shape index (κ2) is 6.86. The summed E-state index contributed by atoms with van der Waals surface area (Å²) in [6.07, 6.45) is 0. The summed E-state index contributed by atoms with van der Waals surface area (Å²) >= 11 is 0. The maximum absolute atomic E-state index is 10.4. The lowest BCUT2D eigenvalue weighted by atomic mass is 10.1. The van der Waals surface area contributed by atoms with Gasteiger partial charge in [-0.05, 0) is 19.7 Å². The highest BCUT2D eigenvalue weighted by Gasteiger charge is 2.04. The molecule has 0 radical (unpaired) electrons. The summed E-state index contributed by atoms with van der Waals surface area (Å²) in [6, 6.07) is 8.83. The van der Waals surface area contributed by atoms with Gasteiger partial charge in [0.25, 0.3) is 0 Å². The number of hydrogen-bond acceptors (Lipinski definition) is 2. The Hall–Kier alpha value is -1.61. The summed E-state index contributed by atoms with van der Waals surface area (Å²) < 4.78 is 0. The molecule has 0 saturated carbocycles. The zero-order valence-corrected chi connectivity index (χ0v) is 8.45. The van der Waals surface area contributed by atoms with Gasteiger partial charge in [0.05, 0.1) is 5.57 Å². The molecule has 1 aromatic carbocycles. The Labute approximate surface area is 84.1 Å². The molecule has 0 aliphatic carbocycles. The van der Waals surface area contributed by atoms with Crippen LogP contribution in [0.2, 0.25) is 0 Å². The van der Waals surface area contributed by atoms with Crippen molar-refractivity contribution < 1.29 is 9.90 Å². The van der Waals surface area contributed by atoms with Crippen molar-refractivity contribution in [1.29, 1.82) is 0 Å². The van der Waals surface area contributed by atoms with Gasteiger partial charge in [-0.3, -0.25) is 0 Å². The fourth-order valence-electron chi connectivity index (χ4n) is 0.763. The molecule has 3 heteroatoms. The van der Waals surface area contributed by atoms with Gasteiger partial charge in [0.2, 0.25) is 0 Å². The number of aliphatic carboxylic acids is 1. The van der Waals surface area contributed by atoms with Gasteiger partial charge >= 0.3 is 5.97 Å². The average Bonchev–Trinajstić information content (AvgIpc) is 2.19. The zero-order chi connectivity index (χ0) is 11.0. The Kier molecular flexibility index (Phi) is 6.07. The molecular weight excluding hydrogens is 178 g/mol. The zero-order valence-electron chi connectivity index (χ0n) is 8.45. The number of carbonyl (C=O) groups is 1. The van der Waals surface area contributed by atoms with Gasteiger partial charge in [-0.25, -0.2) is 4.79 Å². The predicted octanol–water partition coefficient (Wildman–Crippen LogP) is 1.62. The molecule has 3 nitrogen and oxygen atoms in total. The van der Waals surface area contributed by atoms with Crippen LogP contribution in [0.1, 0.15) is 5.56 Å². The Bertz CT molecular complexity index is 293. The standard InChI is InChI=1S/C9H8O2.C2H7N/c1-7(9(10)11)8-5-3-2-4-6-8;1-3-2/h2-6H,1H2,(H,10,11);3H,1-2H3. The predicted molar refractivity (Wildman–Crippen MR) is 58.1 cm³/mol. The molecule has 0 atom stereocenters. The molecule has 0 spiro atoms. The van der Waals surface area contributed by atoms with Crippen LogP contribution in [0.4, 0.5) is 0 Å². The van der Waals surface area contributed by atoms with Crippen molar-refractivity contribution in [2.45, 2.75) is 0 Å². The van der Waals surface area contributed by atoms with Crippen LogP contribution in [0, 0.1) is 0 Å². The minimum absolute atomic E-state index is 0.130. The largest absolute Gasteiger partial charge is 0.478 e. The number of carboxylic acid groups (broad SMARTS) is 1. The van der Waals surface area contributed by atoms with E-state index >= 15 is 0 Å². The summed E-state index contributed by atoms with van der Waals surface area (Å²) in [5, 5.41) is 11.3. The second-order valence-electron chi connectivity index (χ2n) is 2.65. The van der Waals surface area contributed by atoms with Gasteiger partial charge in [0.1, 0.15) is 0 Å². The van der Waals surface area contributed by atoms with Crippen LogP contribution in [0.25, 0.3) is 5.57 Å². The van der Waals surface area contributed by atoms with E-state index in [0.717, 1.165) is 0 Å². The maximum Gasteiger partial charge on any atom is 0.335 e. The molecular formula is C11H15NO2. The topological polar surface area (TPSA) is 49.3 Å². The molecule has 0 aromatic heterocycles. The maximum atomic E-state index is 10.4. The van der Waals surface area contributed by atoms with E-state index in [1.54, 1.807) is 24.3 Å². The third kappa shape index (κ3) is 4.42. The Morgan fingerprint density at radius 2 is 1.71 bits per heavy atom. The van der Waals surface area contributed by atoms with E-state index in [1.165, 1.54) is 0 Å². The van der Waals surface area contributed by atoms with Crippen LogP contribution in [0.3, 0.4) is 0 Å². The van der Waals surface area contributed by atoms with Gasteiger partial charge in [0.15, 0.2) is 0 Å². The lowest BCUT2D eigenvalue weighted by Crippen LogP contribution is -1.96. The van der Waals surface area contributed by atoms with Crippen molar-refractivity contribution in [3.05, 3.63) is 42.5 Å². The van der Waals surface area contributed by atoms with Crippen LogP contribution in [-0.2, 0) is 4.79 Å². The van der Waals surface area contributed by atoms with E-state index in [2.05, 4.69) is 11.9 Å². The Morgan fingerprint density at radius 3 is 2.07 bits per heavy atom. The summed E-state index contributed by atoms with van der Waals surface area (Å²) in [6.45, 7) is 3.42. The quantitative estimate of drug-likeness (QED) is 0.702. The van der Waals surface area contributed by atoms with Crippen molar-refractivity contribution in [2.24, 2.45) is 0 Å². The summed E-state index contributed by atoms with van der Waals surface area (Å²) in [7, 11) is 3.75. The molecule has 0 saturated heterocycles. The smallest absolute Gasteiger partial charge is 0.335 e. The molecule has 1 rings (SSSR count). The van der Waals surface area contributed by atoms with Gasteiger partial charge < -0.3 is 10.4 Å². The molecule has 76 valence electrons. The SMILES string of the molecule is C=C(C(=O)O)c1ccccc1.CNC. The lowest BCUT2D eigenvalue weighted by molar-refractivity contribution is -0.130. The number of carboxylic acids is 1. The molecule has 0 amide bonds. The Morgan fingerprint density at radius 1 is 1.29 bits per heavy atom. The van der Waals surface area contributed by atoms with Crippen LogP contribution >= 0.6 is 0 Å². The van der Waals surface area contributed by atoms with Crippen molar-refractivity contribution in [2.75, 3.05) is 14.1 Å². The normalized spacial score (nSPS) is 8.43. The lowest BCUT2D eigenvalue weighted by Gasteiger charge is -1.97. The fourth-order valence-corrected chi connectivity index (χ4v) is 0.763. The summed E-state index contributed by atoms with van der Waals surface area (Å²) in [5.74, 6) is -0.976. The summed E-state index contributed by atoms with van der Waals surface area (Å²) in [5.41, 5.74) is 0.783. The first-order valence-electron chi connectivity index (χ1n) is 4.19. The fraction of sp³-hybridized carbons (Fsp3) is 0.182. The van der Waals surface area contributed by atoms with Gasteiger partial charge in [-0.2, -0.15) is 0 Å². The van der Waals surface area contributed by atoms with Crippen LogP contribution in [0.15, 0.2) is 36.9 Å². The number of rotatable bonds is 2. The first kappa shape index (κ1) is 12.4. The van der Waals surface area contributed by atoms with Crippen molar-refractivity contribution in [3.63, 3.8) is 0 Å². The monoisotopic (exact) mass is 193 g/mol. The van der Waals surface area contributed by atoms with Gasteiger partial charge in [-0.1, -0.05) is 36.9 Å². The van der Waals surface area contributed by atoms with Crippen molar-refractivity contribution in [1.82, 2.24) is 5.32 Å². The van der Waals surface area contributed by atoms with E-state index < -0.39 is 5.97 Å². The molecule has 0 bridgehead atoms. The van der Waals surface area contributed by atoms with E-state index in [1.807, 2.05) is 20.2 Å². The highest BCUT2D eigenvalue weighted by atomic mass is 16.4. The first-order valence-corrected chi connectivity index (χ1v) is 4.19. The molecule has 0 aliphatic heterocycles. The van der Waals surface area contributed by atoms with E-state index in [-0.39, 0.29) is 5.57 Å². The third-order valence-corrected chi connectivity index (χ3v) is 1.38. The average molecular weight is 193 g/mol. The molecule has 0 heterocycles. The minimum Gasteiger partial charge on any atom is -0.478 e. The molecule has 0 fully saturated rings. The van der Waals surface area contributed by atoms with Crippen LogP contribution in [-0.4, -0.2) is 25.2 Å². The second-order valence-corrected chi connectivity index (χ2v) is 2.65. The highest BCUT2D eigenvalue weighted by Crippen LogP contribution is 2.10. The van der Waals surface area contributed by atoms with Crippen LogP contribution < -0.4 is 5.32 Å². The minimum atomic E-state index is -0.976. The van der Waals surface area contributed by atoms with Gasteiger partial charge in [-0.15, -0.1) is 0 Å². The van der Waals surface area contributed by atoms with E-state index in [9.17, 15) is 4.79 Å². The number of nitrogens with one attached hydrogen (secondary N) is 1. The third-order valence-electron chi connectivity index (χ3n) is 1.38.